The molecule has 44 heavy (non-hydrogen) atoms. The molecule has 9 rings (SSSR count). The lowest BCUT2D eigenvalue weighted by Gasteiger charge is -2.19. The molecule has 5 aliphatic heterocycles. The molecule has 0 amide bonds. The van der Waals surface area contributed by atoms with Crippen LogP contribution in [-0.4, -0.2) is 46.0 Å². The molecule has 0 N–H and O–H groups in total. The van der Waals surface area contributed by atoms with Crippen molar-refractivity contribution >= 4 is 98.1 Å². The molecule has 0 radical (unpaired) electrons. The number of esters is 2. The average Bonchev–Trinajstić information content (AvgIpc) is 3.83. The van der Waals surface area contributed by atoms with Crippen molar-refractivity contribution in [2.24, 2.45) is 0 Å². The van der Waals surface area contributed by atoms with E-state index >= 15 is 0 Å². The van der Waals surface area contributed by atoms with Gasteiger partial charge in [0.15, 0.2) is 11.5 Å². The SMILES string of the molecule is O=C1Oc2c3c(ccc2=C1c1ccc(C2=C4SCCSC4CS2)cc1)=C(c1ccc(-c2scc4c2SCCS4)cc1)C(=O)O3. The van der Waals surface area contributed by atoms with Gasteiger partial charge in [-0.2, -0.15) is 11.8 Å². The van der Waals surface area contributed by atoms with Gasteiger partial charge in [-0.15, -0.1) is 58.4 Å². The molecule has 3 aromatic carbocycles. The molecule has 1 unspecified atom stereocenters. The van der Waals surface area contributed by atoms with Gasteiger partial charge in [-0.3, -0.25) is 0 Å². The molecule has 10 heteroatoms. The lowest BCUT2D eigenvalue weighted by atomic mass is 10.00. The van der Waals surface area contributed by atoms with Crippen molar-refractivity contribution in [2.75, 3.05) is 28.8 Å². The fourth-order valence-corrected chi connectivity index (χ4v) is 14.6. The zero-order valence-corrected chi connectivity index (χ0v) is 27.9. The fourth-order valence-electron chi connectivity index (χ4n) is 6.15. The molecule has 1 saturated heterocycles. The predicted molar refractivity (Wildman–Crippen MR) is 188 cm³/mol. The van der Waals surface area contributed by atoms with E-state index in [1.165, 1.54) is 35.8 Å². The smallest absolute Gasteiger partial charge is 0.345 e. The number of thiophene rings is 1. The Morgan fingerprint density at radius 1 is 0.614 bits per heavy atom. The minimum absolute atomic E-state index is 0.319. The molecule has 0 aliphatic carbocycles. The minimum atomic E-state index is -0.434. The van der Waals surface area contributed by atoms with Gasteiger partial charge in [0, 0.05) is 74.3 Å². The van der Waals surface area contributed by atoms with Crippen LogP contribution in [0.15, 0.2) is 80.7 Å². The van der Waals surface area contributed by atoms with Gasteiger partial charge in [-0.25, -0.2) is 9.59 Å². The lowest BCUT2D eigenvalue weighted by Crippen LogP contribution is -2.11. The number of ether oxygens (including phenoxy) is 2. The second-order valence-electron chi connectivity index (χ2n) is 10.7. The Morgan fingerprint density at radius 2 is 1.20 bits per heavy atom. The van der Waals surface area contributed by atoms with E-state index in [9.17, 15) is 9.59 Å². The number of rotatable bonds is 4. The highest BCUT2D eigenvalue weighted by Crippen LogP contribution is 2.51. The number of carbonyl (C=O) groups excluding carboxylic acids is 2. The zero-order valence-electron chi connectivity index (χ0n) is 23.0. The second-order valence-corrected chi connectivity index (χ2v) is 17.3. The Morgan fingerprint density at radius 3 is 1.89 bits per heavy atom. The van der Waals surface area contributed by atoms with Crippen molar-refractivity contribution < 1.29 is 19.1 Å². The first kappa shape index (κ1) is 27.8. The normalized spacial score (nSPS) is 20.3. The molecule has 0 saturated carbocycles. The molecular weight excluding hydrogens is 665 g/mol. The molecule has 0 spiro atoms. The van der Waals surface area contributed by atoms with Crippen LogP contribution >= 0.6 is 70.1 Å². The monoisotopic (exact) mass is 686 g/mol. The summed E-state index contributed by atoms with van der Waals surface area (Å²) in [7, 11) is 0. The van der Waals surface area contributed by atoms with Gasteiger partial charge in [0.1, 0.15) is 0 Å². The van der Waals surface area contributed by atoms with Crippen molar-refractivity contribution in [3.63, 3.8) is 0 Å². The zero-order chi connectivity index (χ0) is 29.4. The van der Waals surface area contributed by atoms with Crippen LogP contribution in [0.1, 0.15) is 16.7 Å². The van der Waals surface area contributed by atoms with Crippen molar-refractivity contribution in [1.29, 1.82) is 0 Å². The Hall–Kier alpha value is -2.47. The summed E-state index contributed by atoms with van der Waals surface area (Å²) in [5.41, 5.74) is 4.91. The Balaban J connectivity index is 1.08. The van der Waals surface area contributed by atoms with Gasteiger partial charge in [-0.05, 0) is 34.4 Å². The van der Waals surface area contributed by atoms with Gasteiger partial charge < -0.3 is 9.47 Å². The largest absolute Gasteiger partial charge is 0.418 e. The van der Waals surface area contributed by atoms with E-state index in [0.29, 0.717) is 38.3 Å². The quantitative estimate of drug-likeness (QED) is 0.165. The van der Waals surface area contributed by atoms with E-state index in [4.69, 9.17) is 9.47 Å². The predicted octanol–water partition coefficient (Wildman–Crippen LogP) is 7.11. The summed E-state index contributed by atoms with van der Waals surface area (Å²) < 4.78 is 11.6. The van der Waals surface area contributed by atoms with E-state index in [2.05, 4.69) is 41.4 Å². The fraction of sp³-hybridized carbons (Fsp3) is 0.176. The topological polar surface area (TPSA) is 52.6 Å². The standard InChI is InChI=1S/C34H22O4S6/c35-33-25(17-1-5-19(6-2-17)29-31-23(15-43-29)39-11-13-41-31)21-9-10-22-26(34(36)38-28(22)27(21)37-33)18-3-7-20(8-4-18)30-32-24(16-44-30)40-12-14-42-32/h1-10,15,24H,11-14,16H2. The number of hydrogen-bond donors (Lipinski definition) is 0. The lowest BCUT2D eigenvalue weighted by molar-refractivity contribution is -0.129. The molecule has 218 valence electrons. The highest BCUT2D eigenvalue weighted by Gasteiger charge is 2.34. The molecule has 1 atom stereocenters. The molecule has 1 aromatic heterocycles. The Kier molecular flexibility index (Phi) is 7.02. The van der Waals surface area contributed by atoms with E-state index < -0.39 is 11.9 Å². The van der Waals surface area contributed by atoms with Crippen LogP contribution in [0.25, 0.3) is 26.5 Å². The minimum Gasteiger partial charge on any atom is -0.418 e. The maximum atomic E-state index is 13.2. The van der Waals surface area contributed by atoms with Crippen LogP contribution in [0.2, 0.25) is 0 Å². The number of thioether (sulfide) groups is 5. The maximum Gasteiger partial charge on any atom is 0.345 e. The Labute approximate surface area is 279 Å². The highest BCUT2D eigenvalue weighted by molar-refractivity contribution is 8.15. The van der Waals surface area contributed by atoms with Crippen molar-refractivity contribution in [2.45, 2.75) is 15.0 Å². The van der Waals surface area contributed by atoms with E-state index in [-0.39, 0.29) is 0 Å². The van der Waals surface area contributed by atoms with Crippen molar-refractivity contribution in [1.82, 2.24) is 0 Å². The number of fused-ring (bicyclic) bond motifs is 5. The van der Waals surface area contributed by atoms with E-state index in [0.717, 1.165) is 39.7 Å². The van der Waals surface area contributed by atoms with Crippen LogP contribution in [0.4, 0.5) is 0 Å². The summed E-state index contributed by atoms with van der Waals surface area (Å²) in [6, 6.07) is 20.1. The Bertz CT molecular complexity index is 2060. The van der Waals surface area contributed by atoms with Gasteiger partial charge >= 0.3 is 11.9 Å². The summed E-state index contributed by atoms with van der Waals surface area (Å²) >= 11 is 11.6. The van der Waals surface area contributed by atoms with Gasteiger partial charge in [0.05, 0.1) is 11.1 Å². The number of benzene rings is 3. The molecule has 6 heterocycles. The first-order valence-electron chi connectivity index (χ1n) is 14.2. The first-order chi connectivity index (χ1) is 21.6. The number of carbonyl (C=O) groups is 2. The van der Waals surface area contributed by atoms with Gasteiger partial charge in [0.2, 0.25) is 0 Å². The van der Waals surface area contributed by atoms with Gasteiger partial charge in [-0.1, -0.05) is 48.5 Å². The van der Waals surface area contributed by atoms with Crippen molar-refractivity contribution in [3.05, 3.63) is 98.1 Å². The van der Waals surface area contributed by atoms with Crippen LogP contribution in [0, 0.1) is 0 Å². The van der Waals surface area contributed by atoms with Crippen LogP contribution < -0.4 is 19.9 Å². The third kappa shape index (κ3) is 4.47. The molecule has 4 aromatic rings. The van der Waals surface area contributed by atoms with Crippen LogP contribution in [-0.2, 0) is 9.59 Å². The summed E-state index contributed by atoms with van der Waals surface area (Å²) in [6.07, 6.45) is 0. The first-order valence-corrected chi connectivity index (χ1v) is 20.1. The molecule has 4 nitrogen and oxygen atoms in total. The van der Waals surface area contributed by atoms with E-state index in [1.54, 1.807) is 11.3 Å². The summed E-state index contributed by atoms with van der Waals surface area (Å²) in [6.45, 7) is 0. The maximum absolute atomic E-state index is 13.2. The summed E-state index contributed by atoms with van der Waals surface area (Å²) in [5, 5.41) is 4.15. The average molecular weight is 687 g/mol. The summed E-state index contributed by atoms with van der Waals surface area (Å²) in [5.74, 6) is 5.55. The van der Waals surface area contributed by atoms with Crippen molar-refractivity contribution in [3.8, 4) is 21.9 Å². The summed E-state index contributed by atoms with van der Waals surface area (Å²) in [4.78, 5) is 33.3. The molecule has 1 fully saturated rings. The highest BCUT2D eigenvalue weighted by atomic mass is 32.2. The number of hydrogen-bond acceptors (Lipinski definition) is 10. The van der Waals surface area contributed by atoms with E-state index in [1.807, 2.05) is 83.4 Å². The van der Waals surface area contributed by atoms with Crippen LogP contribution in [0.5, 0.6) is 11.5 Å². The molecule has 5 aliphatic rings. The second kappa shape index (κ2) is 11.1. The molecule has 0 bridgehead atoms. The van der Waals surface area contributed by atoms with Gasteiger partial charge in [0.25, 0.3) is 0 Å². The third-order valence-electron chi connectivity index (χ3n) is 8.18. The van der Waals surface area contributed by atoms with Crippen LogP contribution in [0.3, 0.4) is 0 Å². The molecular formula is C34H22O4S6. The third-order valence-corrected chi connectivity index (χ3v) is 16.5.